The Labute approximate surface area is 102 Å². The van der Waals surface area contributed by atoms with Crippen LogP contribution in [0, 0.1) is 6.92 Å². The highest BCUT2D eigenvalue weighted by Gasteiger charge is 2.05. The van der Waals surface area contributed by atoms with Crippen LogP contribution in [-0.4, -0.2) is 14.8 Å². The molecule has 0 aromatic carbocycles. The normalized spacial score (nSPS) is 10.5. The van der Waals surface area contributed by atoms with E-state index in [-0.39, 0.29) is 0 Å². The molecule has 0 unspecified atom stereocenters. The van der Waals surface area contributed by atoms with Gasteiger partial charge in [0.05, 0.1) is 11.4 Å². The summed E-state index contributed by atoms with van der Waals surface area (Å²) in [5.74, 6) is 0. The third-order valence-electron chi connectivity index (χ3n) is 2.68. The molecule has 0 saturated heterocycles. The fraction of sp³-hybridized carbons (Fsp3) is 0.385. The second-order valence-corrected chi connectivity index (χ2v) is 4.23. The van der Waals surface area contributed by atoms with E-state index in [1.807, 2.05) is 31.0 Å². The van der Waals surface area contributed by atoms with E-state index >= 15 is 0 Å². The second kappa shape index (κ2) is 4.99. The number of aromatic nitrogens is 3. The van der Waals surface area contributed by atoms with Gasteiger partial charge < -0.3 is 5.32 Å². The number of hydrogen-bond donors (Lipinski definition) is 1. The third kappa shape index (κ3) is 2.84. The van der Waals surface area contributed by atoms with Crippen molar-refractivity contribution in [2.75, 3.05) is 5.32 Å². The van der Waals surface area contributed by atoms with Crippen molar-refractivity contribution in [2.24, 2.45) is 7.05 Å². The van der Waals surface area contributed by atoms with Crippen molar-refractivity contribution in [1.29, 1.82) is 0 Å². The second-order valence-electron chi connectivity index (χ2n) is 4.23. The highest BCUT2D eigenvalue weighted by Crippen LogP contribution is 2.12. The van der Waals surface area contributed by atoms with Gasteiger partial charge in [0.25, 0.3) is 0 Å². The van der Waals surface area contributed by atoms with Gasteiger partial charge in [-0.1, -0.05) is 6.92 Å². The largest absolute Gasteiger partial charge is 0.380 e. The van der Waals surface area contributed by atoms with Gasteiger partial charge in [-0.05, 0) is 25.0 Å². The fourth-order valence-electron chi connectivity index (χ4n) is 1.88. The van der Waals surface area contributed by atoms with Crippen molar-refractivity contribution in [1.82, 2.24) is 14.8 Å². The van der Waals surface area contributed by atoms with Crippen LogP contribution in [0.15, 0.2) is 24.7 Å². The maximum absolute atomic E-state index is 4.42. The highest BCUT2D eigenvalue weighted by molar-refractivity contribution is 5.43. The summed E-state index contributed by atoms with van der Waals surface area (Å²) in [6.07, 6.45) is 6.72. The van der Waals surface area contributed by atoms with Crippen LogP contribution in [0.2, 0.25) is 0 Å². The predicted molar refractivity (Wildman–Crippen MR) is 68.9 cm³/mol. The Morgan fingerprint density at radius 3 is 2.88 bits per heavy atom. The molecule has 0 spiro atoms. The molecule has 2 aromatic rings. The molecule has 0 saturated carbocycles. The molecule has 2 aromatic heterocycles. The van der Waals surface area contributed by atoms with Gasteiger partial charge in [-0.3, -0.25) is 9.67 Å². The Hall–Kier alpha value is -1.84. The van der Waals surface area contributed by atoms with Crippen LogP contribution in [0.4, 0.5) is 5.69 Å². The molecular formula is C13H18N4. The van der Waals surface area contributed by atoms with E-state index in [1.54, 1.807) is 0 Å². The summed E-state index contributed by atoms with van der Waals surface area (Å²) in [6.45, 7) is 4.96. The van der Waals surface area contributed by atoms with Crippen LogP contribution in [0.25, 0.3) is 0 Å². The molecule has 90 valence electrons. The summed E-state index contributed by atoms with van der Waals surface area (Å²) in [4.78, 5) is 4.16. The molecule has 4 nitrogen and oxygen atoms in total. The quantitative estimate of drug-likeness (QED) is 0.876. The van der Waals surface area contributed by atoms with Gasteiger partial charge in [0.1, 0.15) is 0 Å². The number of nitrogens with one attached hydrogen (secondary N) is 1. The summed E-state index contributed by atoms with van der Waals surface area (Å²) in [7, 11) is 1.96. The van der Waals surface area contributed by atoms with Gasteiger partial charge in [0, 0.05) is 37.7 Å². The standard InChI is InChI=1S/C13H18N4/c1-4-13-11(9-17(3)16-13)7-15-12-5-10(2)6-14-8-12/h5-6,8-9,15H,4,7H2,1-3H3. The Kier molecular flexibility index (Phi) is 3.42. The lowest BCUT2D eigenvalue weighted by Gasteiger charge is -2.06. The lowest BCUT2D eigenvalue weighted by Crippen LogP contribution is -2.01. The van der Waals surface area contributed by atoms with E-state index in [9.17, 15) is 0 Å². The lowest BCUT2D eigenvalue weighted by atomic mass is 10.2. The number of pyridine rings is 1. The summed E-state index contributed by atoms with van der Waals surface area (Å²) in [5.41, 5.74) is 4.62. The number of hydrogen-bond acceptors (Lipinski definition) is 3. The predicted octanol–water partition coefficient (Wildman–Crippen LogP) is 2.30. The van der Waals surface area contributed by atoms with Crippen molar-refractivity contribution < 1.29 is 0 Å². The summed E-state index contributed by atoms with van der Waals surface area (Å²) in [6, 6.07) is 2.09. The summed E-state index contributed by atoms with van der Waals surface area (Å²) < 4.78 is 1.87. The fourth-order valence-corrected chi connectivity index (χ4v) is 1.88. The van der Waals surface area contributed by atoms with Crippen molar-refractivity contribution >= 4 is 5.69 Å². The first kappa shape index (κ1) is 11.6. The van der Waals surface area contributed by atoms with Crippen LogP contribution in [0.5, 0.6) is 0 Å². The molecule has 2 heterocycles. The smallest absolute Gasteiger partial charge is 0.0671 e. The molecule has 0 atom stereocenters. The molecule has 1 N–H and O–H groups in total. The molecule has 0 aliphatic heterocycles. The maximum Gasteiger partial charge on any atom is 0.0671 e. The van der Waals surface area contributed by atoms with Crippen molar-refractivity contribution in [3.05, 3.63) is 41.5 Å². The summed E-state index contributed by atoms with van der Waals surface area (Å²) >= 11 is 0. The van der Waals surface area contributed by atoms with Gasteiger partial charge in [0.15, 0.2) is 0 Å². The minimum atomic E-state index is 0.794. The van der Waals surface area contributed by atoms with E-state index in [2.05, 4.69) is 34.6 Å². The Morgan fingerprint density at radius 2 is 2.18 bits per heavy atom. The average molecular weight is 230 g/mol. The molecule has 4 heteroatoms. The number of anilines is 1. The van der Waals surface area contributed by atoms with Gasteiger partial charge in [0.2, 0.25) is 0 Å². The Balaban J connectivity index is 2.06. The zero-order valence-electron chi connectivity index (χ0n) is 10.6. The third-order valence-corrected chi connectivity index (χ3v) is 2.68. The summed E-state index contributed by atoms with van der Waals surface area (Å²) in [5, 5.41) is 7.79. The monoisotopic (exact) mass is 230 g/mol. The molecule has 0 aliphatic rings. The number of nitrogens with zero attached hydrogens (tertiary/aromatic N) is 3. The Morgan fingerprint density at radius 1 is 1.35 bits per heavy atom. The zero-order chi connectivity index (χ0) is 12.3. The number of rotatable bonds is 4. The van der Waals surface area contributed by atoms with Crippen molar-refractivity contribution in [3.63, 3.8) is 0 Å². The Bertz CT molecular complexity index is 502. The molecule has 0 fully saturated rings. The van der Waals surface area contributed by atoms with Gasteiger partial charge in [-0.15, -0.1) is 0 Å². The number of aryl methyl sites for hydroxylation is 3. The van der Waals surface area contributed by atoms with Gasteiger partial charge in [-0.2, -0.15) is 5.10 Å². The van der Waals surface area contributed by atoms with E-state index in [0.29, 0.717) is 0 Å². The van der Waals surface area contributed by atoms with Crippen molar-refractivity contribution in [2.45, 2.75) is 26.8 Å². The topological polar surface area (TPSA) is 42.7 Å². The van der Waals surface area contributed by atoms with Crippen LogP contribution in [0.3, 0.4) is 0 Å². The first-order valence-electron chi connectivity index (χ1n) is 5.86. The molecule has 17 heavy (non-hydrogen) atoms. The average Bonchev–Trinajstić information content (AvgIpc) is 2.67. The van der Waals surface area contributed by atoms with E-state index in [4.69, 9.17) is 0 Å². The molecule has 0 bridgehead atoms. The van der Waals surface area contributed by atoms with Crippen LogP contribution < -0.4 is 5.32 Å². The zero-order valence-corrected chi connectivity index (χ0v) is 10.6. The van der Waals surface area contributed by atoms with Crippen LogP contribution in [0.1, 0.15) is 23.7 Å². The minimum Gasteiger partial charge on any atom is -0.380 e. The maximum atomic E-state index is 4.42. The molecule has 0 radical (unpaired) electrons. The van der Waals surface area contributed by atoms with E-state index in [1.165, 1.54) is 5.56 Å². The molecule has 0 amide bonds. The minimum absolute atomic E-state index is 0.794. The molecular weight excluding hydrogens is 212 g/mol. The molecule has 2 rings (SSSR count). The first-order valence-corrected chi connectivity index (χ1v) is 5.86. The molecule has 0 aliphatic carbocycles. The van der Waals surface area contributed by atoms with Crippen LogP contribution in [-0.2, 0) is 20.0 Å². The van der Waals surface area contributed by atoms with Gasteiger partial charge in [-0.25, -0.2) is 0 Å². The van der Waals surface area contributed by atoms with Crippen LogP contribution >= 0.6 is 0 Å². The van der Waals surface area contributed by atoms with Gasteiger partial charge >= 0.3 is 0 Å². The highest BCUT2D eigenvalue weighted by atomic mass is 15.3. The lowest BCUT2D eigenvalue weighted by molar-refractivity contribution is 0.746. The SMILES string of the molecule is CCc1nn(C)cc1CNc1cncc(C)c1. The first-order chi connectivity index (χ1) is 8.19. The van der Waals surface area contributed by atoms with E-state index < -0.39 is 0 Å². The van der Waals surface area contributed by atoms with E-state index in [0.717, 1.165) is 29.9 Å². The van der Waals surface area contributed by atoms with Crippen molar-refractivity contribution in [3.8, 4) is 0 Å².